The predicted octanol–water partition coefficient (Wildman–Crippen LogP) is 3.11. The SMILES string of the molecule is CS(=O)(=O)c1nc(C(=O)Nc2cc(-c3nnc4n3CCCCC4)ccc2F)c2ccccn12. The maximum absolute atomic E-state index is 14.6. The number of aromatic nitrogens is 5. The molecule has 0 atom stereocenters. The molecule has 0 bridgehead atoms. The Morgan fingerprint density at radius 1 is 1.12 bits per heavy atom. The third-order valence-electron chi connectivity index (χ3n) is 5.65. The lowest BCUT2D eigenvalue weighted by atomic mass is 10.1. The van der Waals surface area contributed by atoms with Gasteiger partial charge < -0.3 is 9.88 Å². The van der Waals surface area contributed by atoms with Crippen LogP contribution in [0.3, 0.4) is 0 Å². The molecule has 1 N–H and O–H groups in total. The lowest BCUT2D eigenvalue weighted by Crippen LogP contribution is -2.14. The Kier molecular flexibility index (Phi) is 5.20. The standard InChI is InChI=1S/C22H21FN6O3S/c1-33(31,32)22-25-19(17-7-4-6-11-28(17)22)21(30)24-16-13-14(9-10-15(16)23)20-27-26-18-8-3-2-5-12-29(18)20/h4,6-7,9-11,13H,2-3,5,8,12H2,1H3,(H,24,30). The van der Waals surface area contributed by atoms with E-state index in [2.05, 4.69) is 20.5 Å². The van der Waals surface area contributed by atoms with E-state index in [1.165, 1.54) is 22.7 Å². The molecular weight excluding hydrogens is 447 g/mol. The summed E-state index contributed by atoms with van der Waals surface area (Å²) in [7, 11) is -3.69. The summed E-state index contributed by atoms with van der Waals surface area (Å²) in [4.78, 5) is 17.1. The first-order valence-corrected chi connectivity index (χ1v) is 12.4. The number of imidazole rings is 1. The zero-order chi connectivity index (χ0) is 23.2. The smallest absolute Gasteiger partial charge is 0.276 e. The van der Waals surface area contributed by atoms with Crippen LogP contribution in [-0.4, -0.2) is 44.7 Å². The van der Waals surface area contributed by atoms with Crippen molar-refractivity contribution < 1.29 is 17.6 Å². The van der Waals surface area contributed by atoms with Gasteiger partial charge in [0.2, 0.25) is 15.0 Å². The third-order valence-corrected chi connectivity index (χ3v) is 6.60. The third kappa shape index (κ3) is 3.88. The summed E-state index contributed by atoms with van der Waals surface area (Å²) in [6, 6.07) is 9.24. The summed E-state index contributed by atoms with van der Waals surface area (Å²) < 4.78 is 42.2. The van der Waals surface area contributed by atoms with Crippen LogP contribution in [0.5, 0.6) is 0 Å². The molecule has 1 aromatic carbocycles. The van der Waals surface area contributed by atoms with Gasteiger partial charge in [0.25, 0.3) is 5.91 Å². The molecule has 5 rings (SSSR count). The number of anilines is 1. The zero-order valence-electron chi connectivity index (χ0n) is 17.8. The number of sulfone groups is 1. The second-order valence-corrected chi connectivity index (χ2v) is 9.93. The van der Waals surface area contributed by atoms with Crippen molar-refractivity contribution in [2.45, 2.75) is 37.4 Å². The topological polar surface area (TPSA) is 111 Å². The summed E-state index contributed by atoms with van der Waals surface area (Å²) in [5, 5.41) is 10.8. The van der Waals surface area contributed by atoms with Gasteiger partial charge in [0, 0.05) is 31.0 Å². The first kappa shape index (κ1) is 21.3. The van der Waals surface area contributed by atoms with Gasteiger partial charge in [-0.2, -0.15) is 0 Å². The van der Waals surface area contributed by atoms with Crippen LogP contribution in [-0.2, 0) is 22.8 Å². The van der Waals surface area contributed by atoms with Gasteiger partial charge >= 0.3 is 0 Å². The number of fused-ring (bicyclic) bond motifs is 2. The lowest BCUT2D eigenvalue weighted by molar-refractivity contribution is 0.102. The summed E-state index contributed by atoms with van der Waals surface area (Å²) in [6.45, 7) is 0.783. The van der Waals surface area contributed by atoms with E-state index in [0.717, 1.165) is 44.3 Å². The second-order valence-electron chi connectivity index (χ2n) is 8.02. The fourth-order valence-corrected chi connectivity index (χ4v) is 4.85. The second kappa shape index (κ2) is 8.07. The molecule has 0 unspecified atom stereocenters. The van der Waals surface area contributed by atoms with Gasteiger partial charge in [-0.3, -0.25) is 9.20 Å². The van der Waals surface area contributed by atoms with Crippen molar-refractivity contribution in [3.63, 3.8) is 0 Å². The number of hydrogen-bond acceptors (Lipinski definition) is 6. The molecule has 4 aromatic rings. The number of rotatable bonds is 4. The lowest BCUT2D eigenvalue weighted by Gasteiger charge is -2.10. The fraction of sp³-hybridized carbons (Fsp3) is 0.273. The summed E-state index contributed by atoms with van der Waals surface area (Å²) >= 11 is 0. The molecule has 170 valence electrons. The van der Waals surface area contributed by atoms with E-state index in [9.17, 15) is 17.6 Å². The molecule has 4 heterocycles. The molecule has 3 aromatic heterocycles. The molecule has 0 saturated carbocycles. The number of pyridine rings is 1. The minimum Gasteiger partial charge on any atom is -0.318 e. The highest BCUT2D eigenvalue weighted by molar-refractivity contribution is 7.90. The van der Waals surface area contributed by atoms with Gasteiger partial charge in [-0.15, -0.1) is 10.2 Å². The minimum atomic E-state index is -3.69. The van der Waals surface area contributed by atoms with E-state index >= 15 is 0 Å². The number of benzene rings is 1. The van der Waals surface area contributed by atoms with E-state index in [1.54, 1.807) is 24.3 Å². The van der Waals surface area contributed by atoms with Crippen molar-refractivity contribution in [1.82, 2.24) is 24.1 Å². The number of carbonyl (C=O) groups is 1. The van der Waals surface area contributed by atoms with E-state index in [1.807, 2.05) is 4.57 Å². The van der Waals surface area contributed by atoms with Crippen LogP contribution < -0.4 is 5.32 Å². The molecule has 0 fully saturated rings. The molecular formula is C22H21FN6O3S. The average molecular weight is 469 g/mol. The Balaban J connectivity index is 1.51. The number of nitrogens with zero attached hydrogens (tertiary/aromatic N) is 5. The molecule has 9 nitrogen and oxygen atoms in total. The van der Waals surface area contributed by atoms with Crippen molar-refractivity contribution in [1.29, 1.82) is 0 Å². The van der Waals surface area contributed by atoms with Gasteiger partial charge in [0.1, 0.15) is 11.6 Å². The summed E-state index contributed by atoms with van der Waals surface area (Å²) in [6.07, 6.45) is 6.54. The van der Waals surface area contributed by atoms with Crippen LogP contribution in [0.4, 0.5) is 10.1 Å². The maximum atomic E-state index is 14.6. The maximum Gasteiger partial charge on any atom is 0.276 e. The van der Waals surface area contributed by atoms with E-state index in [4.69, 9.17) is 0 Å². The van der Waals surface area contributed by atoms with Gasteiger partial charge in [-0.25, -0.2) is 17.8 Å². The van der Waals surface area contributed by atoms with Crippen LogP contribution in [0.1, 0.15) is 35.6 Å². The van der Waals surface area contributed by atoms with Crippen molar-refractivity contribution in [2.24, 2.45) is 0 Å². The summed E-state index contributed by atoms with van der Waals surface area (Å²) in [5.41, 5.74) is 0.757. The largest absolute Gasteiger partial charge is 0.318 e. The molecule has 33 heavy (non-hydrogen) atoms. The molecule has 0 saturated heterocycles. The van der Waals surface area contributed by atoms with Gasteiger partial charge in [0.15, 0.2) is 11.5 Å². The monoisotopic (exact) mass is 468 g/mol. The van der Waals surface area contributed by atoms with Crippen molar-refractivity contribution in [2.75, 3.05) is 11.6 Å². The van der Waals surface area contributed by atoms with E-state index in [-0.39, 0.29) is 16.5 Å². The van der Waals surface area contributed by atoms with Crippen molar-refractivity contribution in [3.8, 4) is 11.4 Å². The van der Waals surface area contributed by atoms with E-state index in [0.29, 0.717) is 16.9 Å². The Morgan fingerprint density at radius 3 is 2.79 bits per heavy atom. The number of nitrogens with one attached hydrogen (secondary N) is 1. The van der Waals surface area contributed by atoms with Crippen LogP contribution in [0.2, 0.25) is 0 Å². The Bertz CT molecular complexity index is 1490. The Hall–Kier alpha value is -3.60. The number of halogens is 1. The number of amides is 1. The first-order chi connectivity index (χ1) is 15.8. The van der Waals surface area contributed by atoms with Gasteiger partial charge in [-0.1, -0.05) is 12.5 Å². The van der Waals surface area contributed by atoms with Crippen LogP contribution in [0.15, 0.2) is 47.8 Å². The fourth-order valence-electron chi connectivity index (χ4n) is 4.08. The quantitative estimate of drug-likeness (QED) is 0.493. The van der Waals surface area contributed by atoms with Crippen LogP contribution in [0.25, 0.3) is 16.9 Å². The minimum absolute atomic E-state index is 0.0542. The van der Waals surface area contributed by atoms with Crippen molar-refractivity contribution >= 4 is 26.9 Å². The van der Waals surface area contributed by atoms with Crippen LogP contribution in [0, 0.1) is 5.82 Å². The van der Waals surface area contributed by atoms with Crippen LogP contribution >= 0.6 is 0 Å². The number of hydrogen-bond donors (Lipinski definition) is 1. The Morgan fingerprint density at radius 2 is 1.97 bits per heavy atom. The normalized spacial score (nSPS) is 14.1. The molecule has 0 spiro atoms. The highest BCUT2D eigenvalue weighted by Gasteiger charge is 2.24. The number of aryl methyl sites for hydroxylation is 1. The molecule has 0 aliphatic carbocycles. The zero-order valence-corrected chi connectivity index (χ0v) is 18.6. The average Bonchev–Trinajstić information content (AvgIpc) is 3.29. The molecule has 0 radical (unpaired) electrons. The molecule has 1 amide bonds. The van der Waals surface area contributed by atoms with Gasteiger partial charge in [-0.05, 0) is 43.2 Å². The number of carbonyl (C=O) groups excluding carboxylic acids is 1. The molecule has 1 aliphatic heterocycles. The van der Waals surface area contributed by atoms with Crippen molar-refractivity contribution in [3.05, 3.63) is 59.9 Å². The highest BCUT2D eigenvalue weighted by Crippen LogP contribution is 2.27. The van der Waals surface area contributed by atoms with E-state index < -0.39 is 21.6 Å². The van der Waals surface area contributed by atoms with Gasteiger partial charge in [0.05, 0.1) is 11.2 Å². The summed E-state index contributed by atoms with van der Waals surface area (Å²) in [5.74, 6) is 0.170. The molecule has 1 aliphatic rings. The highest BCUT2D eigenvalue weighted by atomic mass is 32.2. The first-order valence-electron chi connectivity index (χ1n) is 10.5. The molecule has 11 heteroatoms. The predicted molar refractivity (Wildman–Crippen MR) is 119 cm³/mol. The Labute approximate surface area is 189 Å².